The minimum atomic E-state index is 0.221. The smallest absolute Gasteiger partial charge is 0.0723 e. The third-order valence-electron chi connectivity index (χ3n) is 4.03. The Morgan fingerprint density at radius 2 is 1.93 bits per heavy atom. The van der Waals surface area contributed by atoms with E-state index in [1.165, 1.54) is 19.3 Å². The van der Waals surface area contributed by atoms with Gasteiger partial charge in [-0.15, -0.1) is 0 Å². The van der Waals surface area contributed by atoms with Crippen LogP contribution < -0.4 is 5.32 Å². The Balaban J connectivity index is 1.92. The highest BCUT2D eigenvalue weighted by Gasteiger charge is 2.42. The van der Waals surface area contributed by atoms with Gasteiger partial charge >= 0.3 is 0 Å². The predicted octanol–water partition coefficient (Wildman–Crippen LogP) is 1.24. The molecule has 1 atom stereocenters. The van der Waals surface area contributed by atoms with E-state index in [0.29, 0.717) is 6.04 Å². The van der Waals surface area contributed by atoms with E-state index in [2.05, 4.69) is 24.1 Å². The zero-order valence-electron chi connectivity index (χ0n) is 10.1. The molecule has 1 spiro atoms. The average molecular weight is 212 g/mol. The standard InChI is InChI=1S/C12H24N2O/c1-3-14(4-2)11-9-12(15-10-11)5-7-13-8-6-12/h11,13H,3-10H2,1-2H3/t11-/m0/s1. The molecule has 0 saturated carbocycles. The maximum Gasteiger partial charge on any atom is 0.0723 e. The molecule has 3 nitrogen and oxygen atoms in total. The van der Waals surface area contributed by atoms with Gasteiger partial charge in [0, 0.05) is 6.04 Å². The maximum atomic E-state index is 6.10. The summed E-state index contributed by atoms with van der Waals surface area (Å²) in [6, 6.07) is 0.665. The van der Waals surface area contributed by atoms with Crippen molar-refractivity contribution in [3.8, 4) is 0 Å². The van der Waals surface area contributed by atoms with Gasteiger partial charge in [0.1, 0.15) is 0 Å². The lowest BCUT2D eigenvalue weighted by Gasteiger charge is -2.33. The first-order valence-electron chi connectivity index (χ1n) is 6.38. The van der Waals surface area contributed by atoms with E-state index >= 15 is 0 Å². The molecule has 0 aromatic rings. The fourth-order valence-corrected chi connectivity index (χ4v) is 3.03. The molecule has 2 aliphatic rings. The molecule has 0 bridgehead atoms. The average Bonchev–Trinajstić information content (AvgIpc) is 2.65. The molecule has 0 amide bonds. The highest BCUT2D eigenvalue weighted by molar-refractivity contribution is 4.95. The van der Waals surface area contributed by atoms with Gasteiger partial charge in [0.2, 0.25) is 0 Å². The summed E-state index contributed by atoms with van der Waals surface area (Å²) >= 11 is 0. The Morgan fingerprint density at radius 1 is 1.27 bits per heavy atom. The lowest BCUT2D eigenvalue weighted by Crippen LogP contribution is -2.43. The van der Waals surface area contributed by atoms with E-state index in [-0.39, 0.29) is 5.60 Å². The predicted molar refractivity (Wildman–Crippen MR) is 62.1 cm³/mol. The van der Waals surface area contributed by atoms with Crippen LogP contribution in [0.4, 0.5) is 0 Å². The van der Waals surface area contributed by atoms with E-state index in [1.54, 1.807) is 0 Å². The van der Waals surface area contributed by atoms with Crippen LogP contribution in [-0.4, -0.2) is 49.3 Å². The third-order valence-corrected chi connectivity index (χ3v) is 4.03. The summed E-state index contributed by atoms with van der Waals surface area (Å²) in [4.78, 5) is 2.54. The summed E-state index contributed by atoms with van der Waals surface area (Å²) in [7, 11) is 0. The lowest BCUT2D eigenvalue weighted by atomic mass is 9.88. The molecule has 88 valence electrons. The van der Waals surface area contributed by atoms with Gasteiger partial charge in [-0.05, 0) is 45.4 Å². The van der Waals surface area contributed by atoms with Crippen LogP contribution in [0.5, 0.6) is 0 Å². The Bertz CT molecular complexity index is 198. The summed E-state index contributed by atoms with van der Waals surface area (Å²) in [6.45, 7) is 10.0. The topological polar surface area (TPSA) is 24.5 Å². The lowest BCUT2D eigenvalue weighted by molar-refractivity contribution is -0.0201. The first-order valence-corrected chi connectivity index (χ1v) is 6.38. The molecule has 2 saturated heterocycles. The molecule has 0 radical (unpaired) electrons. The minimum Gasteiger partial charge on any atom is -0.373 e. The van der Waals surface area contributed by atoms with Crippen LogP contribution in [0.3, 0.4) is 0 Å². The number of piperidine rings is 1. The largest absolute Gasteiger partial charge is 0.373 e. The third kappa shape index (κ3) is 2.35. The van der Waals surface area contributed by atoms with Crippen LogP contribution in [0.15, 0.2) is 0 Å². The minimum absolute atomic E-state index is 0.221. The van der Waals surface area contributed by atoms with Crippen molar-refractivity contribution in [3.63, 3.8) is 0 Å². The van der Waals surface area contributed by atoms with Crippen molar-refractivity contribution >= 4 is 0 Å². The van der Waals surface area contributed by atoms with Gasteiger partial charge in [0.25, 0.3) is 0 Å². The van der Waals surface area contributed by atoms with Crippen LogP contribution >= 0.6 is 0 Å². The van der Waals surface area contributed by atoms with Crippen molar-refractivity contribution in [1.29, 1.82) is 0 Å². The number of hydrogen-bond acceptors (Lipinski definition) is 3. The van der Waals surface area contributed by atoms with Gasteiger partial charge in [0.15, 0.2) is 0 Å². The Morgan fingerprint density at radius 3 is 2.53 bits per heavy atom. The van der Waals surface area contributed by atoms with Crippen LogP contribution in [0, 0.1) is 0 Å². The second kappa shape index (κ2) is 4.81. The van der Waals surface area contributed by atoms with Crippen LogP contribution in [0.25, 0.3) is 0 Å². The Labute approximate surface area is 93.2 Å². The number of hydrogen-bond donors (Lipinski definition) is 1. The molecular weight excluding hydrogens is 188 g/mol. The molecule has 15 heavy (non-hydrogen) atoms. The van der Waals surface area contributed by atoms with Gasteiger partial charge < -0.3 is 10.1 Å². The van der Waals surface area contributed by atoms with Gasteiger partial charge in [0.05, 0.1) is 12.2 Å². The van der Waals surface area contributed by atoms with E-state index in [9.17, 15) is 0 Å². The Kier molecular flexibility index (Phi) is 3.65. The molecule has 2 fully saturated rings. The quantitative estimate of drug-likeness (QED) is 0.762. The second-order valence-electron chi connectivity index (χ2n) is 4.82. The molecule has 2 heterocycles. The van der Waals surface area contributed by atoms with E-state index in [0.717, 1.165) is 32.8 Å². The molecule has 3 heteroatoms. The molecule has 0 aromatic heterocycles. The summed E-state index contributed by atoms with van der Waals surface area (Å²) in [5.74, 6) is 0. The summed E-state index contributed by atoms with van der Waals surface area (Å²) in [6.07, 6.45) is 3.64. The highest BCUT2D eigenvalue weighted by atomic mass is 16.5. The molecular formula is C12H24N2O. The number of nitrogens with zero attached hydrogens (tertiary/aromatic N) is 1. The zero-order valence-corrected chi connectivity index (χ0v) is 10.1. The molecule has 0 aromatic carbocycles. The zero-order chi connectivity index (χ0) is 10.7. The van der Waals surface area contributed by atoms with Crippen LogP contribution in [0.1, 0.15) is 33.1 Å². The van der Waals surface area contributed by atoms with Crippen LogP contribution in [0.2, 0.25) is 0 Å². The number of ether oxygens (including phenoxy) is 1. The summed E-state index contributed by atoms with van der Waals surface area (Å²) in [5.41, 5.74) is 0.221. The molecule has 2 rings (SSSR count). The molecule has 1 N–H and O–H groups in total. The summed E-state index contributed by atoms with van der Waals surface area (Å²) in [5, 5.41) is 3.41. The Hall–Kier alpha value is -0.120. The highest BCUT2D eigenvalue weighted by Crippen LogP contribution is 2.35. The van der Waals surface area contributed by atoms with Crippen molar-refractivity contribution in [2.75, 3.05) is 32.8 Å². The van der Waals surface area contributed by atoms with Gasteiger partial charge in [-0.2, -0.15) is 0 Å². The van der Waals surface area contributed by atoms with Gasteiger partial charge in [-0.25, -0.2) is 0 Å². The first kappa shape index (κ1) is 11.4. The fourth-order valence-electron chi connectivity index (χ4n) is 3.03. The SMILES string of the molecule is CCN(CC)[C@@H]1COC2(CCNCC2)C1. The van der Waals surface area contributed by atoms with Crippen molar-refractivity contribution in [2.24, 2.45) is 0 Å². The number of rotatable bonds is 3. The monoisotopic (exact) mass is 212 g/mol. The van der Waals surface area contributed by atoms with Gasteiger partial charge in [-0.3, -0.25) is 4.90 Å². The first-order chi connectivity index (χ1) is 7.29. The fraction of sp³-hybridized carbons (Fsp3) is 1.00. The summed E-state index contributed by atoms with van der Waals surface area (Å²) < 4.78 is 6.10. The molecule has 0 aliphatic carbocycles. The van der Waals surface area contributed by atoms with E-state index < -0.39 is 0 Å². The van der Waals surface area contributed by atoms with Crippen molar-refractivity contribution in [2.45, 2.75) is 44.8 Å². The number of nitrogens with one attached hydrogen (secondary N) is 1. The van der Waals surface area contributed by atoms with Crippen LogP contribution in [-0.2, 0) is 4.74 Å². The van der Waals surface area contributed by atoms with Crippen molar-refractivity contribution in [1.82, 2.24) is 10.2 Å². The molecule has 2 aliphatic heterocycles. The number of likely N-dealkylation sites (N-methyl/N-ethyl adjacent to an activating group) is 1. The second-order valence-corrected chi connectivity index (χ2v) is 4.82. The molecule has 0 unspecified atom stereocenters. The van der Waals surface area contributed by atoms with Crippen molar-refractivity contribution in [3.05, 3.63) is 0 Å². The maximum absolute atomic E-state index is 6.10. The normalized spacial score (nSPS) is 30.2. The van der Waals surface area contributed by atoms with E-state index in [4.69, 9.17) is 4.74 Å². The van der Waals surface area contributed by atoms with Gasteiger partial charge in [-0.1, -0.05) is 13.8 Å². The van der Waals surface area contributed by atoms with Crippen molar-refractivity contribution < 1.29 is 4.74 Å². The van der Waals surface area contributed by atoms with E-state index in [1.807, 2.05) is 0 Å².